The van der Waals surface area contributed by atoms with Crippen LogP contribution in [-0.4, -0.2) is 18.4 Å². The van der Waals surface area contributed by atoms with Crippen LogP contribution in [0.25, 0.3) is 0 Å². The molecule has 0 unspecified atom stereocenters. The van der Waals surface area contributed by atoms with Crippen LogP contribution in [-0.2, 0) is 14.3 Å². The minimum absolute atomic E-state index is 0.0744. The molecule has 0 saturated heterocycles. The van der Waals surface area contributed by atoms with Crippen molar-refractivity contribution in [1.82, 2.24) is 0 Å². The second-order valence-electron chi connectivity index (χ2n) is 3.42. The average molecular weight is 236 g/mol. The molecule has 0 aromatic rings. The minimum atomic E-state index is -0.400. The van der Waals surface area contributed by atoms with E-state index < -0.39 is 5.97 Å². The van der Waals surface area contributed by atoms with Crippen molar-refractivity contribution in [2.24, 2.45) is 0 Å². The first-order valence-corrected chi connectivity index (χ1v) is 5.92. The summed E-state index contributed by atoms with van der Waals surface area (Å²) in [5, 5.41) is 0. The molecule has 0 N–H and O–H groups in total. The molecule has 17 heavy (non-hydrogen) atoms. The number of ketones is 1. The quantitative estimate of drug-likeness (QED) is 0.281. The van der Waals surface area contributed by atoms with Gasteiger partial charge in [0.25, 0.3) is 0 Å². The molecule has 0 aromatic heterocycles. The number of carbonyl (C=O) groups is 2. The molecule has 0 radical (unpaired) electrons. The molecule has 0 aliphatic heterocycles. The molecule has 0 fully saturated rings. The largest absolute Gasteiger partial charge is 0.463 e. The van der Waals surface area contributed by atoms with Crippen molar-refractivity contribution in [3.63, 3.8) is 0 Å². The summed E-state index contributed by atoms with van der Waals surface area (Å²) in [7, 11) is 0. The van der Waals surface area contributed by atoms with Gasteiger partial charge in [-0.25, -0.2) is 4.79 Å². The fraction of sp³-hybridized carbons (Fsp3) is 0.429. The first-order chi connectivity index (χ1) is 8.20. The van der Waals surface area contributed by atoms with Gasteiger partial charge in [-0.1, -0.05) is 38.0 Å². The molecule has 0 amide bonds. The van der Waals surface area contributed by atoms with Crippen molar-refractivity contribution in [1.29, 1.82) is 0 Å². The van der Waals surface area contributed by atoms with E-state index in [0.717, 1.165) is 19.3 Å². The van der Waals surface area contributed by atoms with Gasteiger partial charge in [0.1, 0.15) is 0 Å². The number of hydrogen-bond acceptors (Lipinski definition) is 3. The van der Waals surface area contributed by atoms with Crippen LogP contribution in [0.5, 0.6) is 0 Å². The van der Waals surface area contributed by atoms with Gasteiger partial charge in [-0.2, -0.15) is 0 Å². The molecule has 3 nitrogen and oxygen atoms in total. The standard InChI is InChI=1S/C14H20O3/c1-3-5-6-7-10-13(15)11-8-9-12-14(16)17-4-2/h7-12H,3-6H2,1-2H3/b10-7+,11-8+,12-9+. The highest BCUT2D eigenvalue weighted by Crippen LogP contribution is 1.95. The third-order valence-corrected chi connectivity index (χ3v) is 1.90. The maximum absolute atomic E-state index is 11.3. The zero-order valence-electron chi connectivity index (χ0n) is 10.5. The molecular weight excluding hydrogens is 216 g/mol. The number of carbonyl (C=O) groups excluding carboxylic acids is 2. The summed E-state index contributed by atoms with van der Waals surface area (Å²) in [5.74, 6) is -0.474. The van der Waals surface area contributed by atoms with Crippen molar-refractivity contribution in [3.05, 3.63) is 36.5 Å². The molecule has 0 heterocycles. The van der Waals surface area contributed by atoms with Gasteiger partial charge in [-0.05, 0) is 25.5 Å². The fourth-order valence-corrected chi connectivity index (χ4v) is 1.05. The van der Waals surface area contributed by atoms with E-state index in [2.05, 4.69) is 11.7 Å². The van der Waals surface area contributed by atoms with Crippen molar-refractivity contribution in [3.8, 4) is 0 Å². The Bertz CT molecular complexity index is 311. The molecule has 0 aliphatic rings. The summed E-state index contributed by atoms with van der Waals surface area (Å²) in [5.41, 5.74) is 0. The van der Waals surface area contributed by atoms with Gasteiger partial charge in [0.2, 0.25) is 0 Å². The highest BCUT2D eigenvalue weighted by Gasteiger charge is 1.91. The van der Waals surface area contributed by atoms with E-state index in [4.69, 9.17) is 0 Å². The Morgan fingerprint density at radius 3 is 2.41 bits per heavy atom. The van der Waals surface area contributed by atoms with Gasteiger partial charge >= 0.3 is 5.97 Å². The van der Waals surface area contributed by atoms with Crippen LogP contribution in [0.4, 0.5) is 0 Å². The van der Waals surface area contributed by atoms with Crippen LogP contribution in [0.15, 0.2) is 36.5 Å². The lowest BCUT2D eigenvalue weighted by Gasteiger charge is -1.92. The van der Waals surface area contributed by atoms with E-state index in [1.54, 1.807) is 13.0 Å². The number of esters is 1. The summed E-state index contributed by atoms with van der Waals surface area (Å²) in [4.78, 5) is 22.1. The Labute approximate surface area is 103 Å². The Hall–Kier alpha value is -1.64. The highest BCUT2D eigenvalue weighted by atomic mass is 16.5. The topological polar surface area (TPSA) is 43.4 Å². The van der Waals surface area contributed by atoms with Gasteiger partial charge in [0.05, 0.1) is 6.61 Å². The minimum Gasteiger partial charge on any atom is -0.463 e. The molecule has 0 aromatic carbocycles. The number of rotatable bonds is 8. The monoisotopic (exact) mass is 236 g/mol. The summed E-state index contributed by atoms with van der Waals surface area (Å²) in [6.07, 6.45) is 12.3. The Kier molecular flexibility index (Phi) is 9.82. The average Bonchev–Trinajstić information content (AvgIpc) is 2.31. The predicted molar refractivity (Wildman–Crippen MR) is 68.6 cm³/mol. The van der Waals surface area contributed by atoms with Gasteiger partial charge in [-0.3, -0.25) is 4.79 Å². The van der Waals surface area contributed by atoms with Gasteiger partial charge < -0.3 is 4.74 Å². The lowest BCUT2D eigenvalue weighted by molar-refractivity contribution is -0.137. The summed E-state index contributed by atoms with van der Waals surface area (Å²) < 4.78 is 4.68. The van der Waals surface area contributed by atoms with Gasteiger partial charge in [-0.15, -0.1) is 0 Å². The molecule has 3 heteroatoms. The van der Waals surface area contributed by atoms with Crippen LogP contribution >= 0.6 is 0 Å². The van der Waals surface area contributed by atoms with E-state index in [1.165, 1.54) is 24.3 Å². The van der Waals surface area contributed by atoms with Crippen LogP contribution in [0, 0.1) is 0 Å². The number of ether oxygens (including phenoxy) is 1. The number of hydrogen-bond donors (Lipinski definition) is 0. The lowest BCUT2D eigenvalue weighted by Crippen LogP contribution is -1.98. The normalized spacial score (nSPS) is 11.6. The third kappa shape index (κ3) is 10.6. The molecule has 0 aliphatic carbocycles. The first kappa shape index (κ1) is 15.4. The van der Waals surface area contributed by atoms with E-state index in [-0.39, 0.29) is 5.78 Å². The van der Waals surface area contributed by atoms with E-state index in [9.17, 15) is 9.59 Å². The van der Waals surface area contributed by atoms with E-state index in [0.29, 0.717) is 6.61 Å². The van der Waals surface area contributed by atoms with Crippen molar-refractivity contribution >= 4 is 11.8 Å². The van der Waals surface area contributed by atoms with E-state index in [1.807, 2.05) is 6.08 Å². The van der Waals surface area contributed by atoms with Crippen LogP contribution in [0.1, 0.15) is 33.1 Å². The molecule has 0 spiro atoms. The van der Waals surface area contributed by atoms with Crippen molar-refractivity contribution in [2.75, 3.05) is 6.61 Å². The Balaban J connectivity index is 3.87. The van der Waals surface area contributed by atoms with Crippen molar-refractivity contribution < 1.29 is 14.3 Å². The summed E-state index contributed by atoms with van der Waals surface area (Å²) in [6, 6.07) is 0. The molecule has 0 atom stereocenters. The molecular formula is C14H20O3. The maximum atomic E-state index is 11.3. The number of allylic oxidation sites excluding steroid dienone is 5. The zero-order valence-corrected chi connectivity index (χ0v) is 10.5. The zero-order chi connectivity index (χ0) is 12.9. The second-order valence-corrected chi connectivity index (χ2v) is 3.42. The highest BCUT2D eigenvalue weighted by molar-refractivity contribution is 5.99. The SMILES string of the molecule is CCCC/C=C/C(=O)/C=C/C=C/C(=O)OCC. The van der Waals surface area contributed by atoms with Crippen LogP contribution in [0.2, 0.25) is 0 Å². The van der Waals surface area contributed by atoms with E-state index >= 15 is 0 Å². The number of unbranched alkanes of at least 4 members (excludes halogenated alkanes) is 2. The Morgan fingerprint density at radius 1 is 1.06 bits per heavy atom. The fourth-order valence-electron chi connectivity index (χ4n) is 1.05. The smallest absolute Gasteiger partial charge is 0.330 e. The van der Waals surface area contributed by atoms with Gasteiger partial charge in [0.15, 0.2) is 5.78 Å². The Morgan fingerprint density at radius 2 is 1.76 bits per heavy atom. The van der Waals surface area contributed by atoms with Crippen LogP contribution in [0.3, 0.4) is 0 Å². The van der Waals surface area contributed by atoms with Crippen LogP contribution < -0.4 is 0 Å². The van der Waals surface area contributed by atoms with Gasteiger partial charge in [0, 0.05) is 6.08 Å². The third-order valence-electron chi connectivity index (χ3n) is 1.90. The second kappa shape index (κ2) is 10.9. The predicted octanol–water partition coefficient (Wildman–Crippen LogP) is 2.98. The van der Waals surface area contributed by atoms with Crippen molar-refractivity contribution in [2.45, 2.75) is 33.1 Å². The maximum Gasteiger partial charge on any atom is 0.330 e. The molecule has 0 rings (SSSR count). The molecule has 94 valence electrons. The lowest BCUT2D eigenvalue weighted by atomic mass is 10.2. The molecule has 0 saturated carbocycles. The first-order valence-electron chi connectivity index (χ1n) is 5.92. The summed E-state index contributed by atoms with van der Waals surface area (Å²) >= 11 is 0. The summed E-state index contributed by atoms with van der Waals surface area (Å²) in [6.45, 7) is 4.20. The molecule has 0 bridgehead atoms.